The van der Waals surface area contributed by atoms with E-state index in [0.29, 0.717) is 30.1 Å². The summed E-state index contributed by atoms with van der Waals surface area (Å²) in [6, 6.07) is 12.9. The number of benzodiazepines with no additional fused rings is 1. The van der Waals surface area contributed by atoms with Gasteiger partial charge in [0.25, 0.3) is 5.91 Å². The van der Waals surface area contributed by atoms with Crippen LogP contribution in [0.25, 0.3) is 0 Å². The lowest BCUT2D eigenvalue weighted by Crippen LogP contribution is -2.49. The summed E-state index contributed by atoms with van der Waals surface area (Å²) in [6.07, 6.45) is 0.373. The van der Waals surface area contributed by atoms with Gasteiger partial charge < -0.3 is 20.3 Å². The molecule has 3 amide bonds. The van der Waals surface area contributed by atoms with Crippen LogP contribution in [0, 0.1) is 5.82 Å². The Kier molecular flexibility index (Phi) is 7.13. The zero-order chi connectivity index (χ0) is 21.5. The summed E-state index contributed by atoms with van der Waals surface area (Å²) in [5.41, 5.74) is 1.78. The van der Waals surface area contributed by atoms with Crippen LogP contribution in [0.4, 0.5) is 14.9 Å². The maximum atomic E-state index is 14.6. The molecule has 1 aliphatic heterocycles. The fourth-order valence-electron chi connectivity index (χ4n) is 3.23. The number of halogens is 1. The molecule has 0 aromatic heterocycles. The highest BCUT2D eigenvalue weighted by Crippen LogP contribution is 2.27. The fraction of sp³-hybridized carbons (Fsp3) is 0.318. The molecule has 7 nitrogen and oxygen atoms in total. The highest BCUT2D eigenvalue weighted by molar-refractivity contribution is 6.20. The van der Waals surface area contributed by atoms with Gasteiger partial charge in [0, 0.05) is 38.4 Å². The lowest BCUT2D eigenvalue weighted by Gasteiger charge is -2.21. The minimum Gasteiger partial charge on any atom is -0.385 e. The maximum absolute atomic E-state index is 14.6. The standard InChI is InChI=1S/C22H25FN4O3/c1-27-18-12-6-4-10-16(18)19(15-9-3-5-11-17(15)23)25-20(21(27)28)26-22(29)24-13-7-8-14-30-2/h3-6,9-12,20H,7-8,13-14H2,1-2H3,(H2,24,26,29). The quantitative estimate of drug-likeness (QED) is 0.686. The molecule has 2 N–H and O–H groups in total. The summed E-state index contributed by atoms with van der Waals surface area (Å²) in [5, 5.41) is 5.31. The van der Waals surface area contributed by atoms with Crippen molar-refractivity contribution < 1.29 is 18.7 Å². The number of aliphatic imine (C=N–C) groups is 1. The van der Waals surface area contributed by atoms with Gasteiger partial charge in [0.2, 0.25) is 6.17 Å². The van der Waals surface area contributed by atoms with Crippen LogP contribution in [0.3, 0.4) is 0 Å². The number of ether oxygens (including phenoxy) is 1. The first-order chi connectivity index (χ1) is 14.5. The zero-order valence-electron chi connectivity index (χ0n) is 17.0. The molecular weight excluding hydrogens is 387 g/mol. The number of urea groups is 1. The van der Waals surface area contributed by atoms with E-state index in [4.69, 9.17) is 4.74 Å². The van der Waals surface area contributed by atoms with E-state index in [0.717, 1.165) is 12.8 Å². The predicted octanol–water partition coefficient (Wildman–Crippen LogP) is 2.69. The van der Waals surface area contributed by atoms with Crippen LogP contribution >= 0.6 is 0 Å². The molecule has 0 spiro atoms. The second kappa shape index (κ2) is 9.98. The van der Waals surface area contributed by atoms with Gasteiger partial charge >= 0.3 is 6.03 Å². The Labute approximate surface area is 174 Å². The molecule has 1 atom stereocenters. The molecule has 2 aromatic carbocycles. The van der Waals surface area contributed by atoms with Gasteiger partial charge in [0.15, 0.2) is 0 Å². The number of amides is 3. The number of carbonyl (C=O) groups excluding carboxylic acids is 2. The van der Waals surface area contributed by atoms with Gasteiger partial charge in [-0.3, -0.25) is 4.79 Å². The number of para-hydroxylation sites is 1. The number of unbranched alkanes of at least 4 members (excludes halogenated alkanes) is 1. The molecule has 0 saturated carbocycles. The molecular formula is C22H25FN4O3. The summed E-state index contributed by atoms with van der Waals surface area (Å²) in [5.74, 6) is -0.868. The molecule has 1 aliphatic rings. The van der Waals surface area contributed by atoms with Crippen LogP contribution < -0.4 is 15.5 Å². The molecule has 0 radical (unpaired) electrons. The van der Waals surface area contributed by atoms with E-state index in [2.05, 4.69) is 15.6 Å². The van der Waals surface area contributed by atoms with Crippen molar-refractivity contribution >= 4 is 23.3 Å². The maximum Gasteiger partial charge on any atom is 0.316 e. The second-order valence-corrected chi connectivity index (χ2v) is 6.87. The molecule has 0 aliphatic carbocycles. The van der Waals surface area contributed by atoms with Crippen molar-refractivity contribution in [3.63, 3.8) is 0 Å². The molecule has 3 rings (SSSR count). The van der Waals surface area contributed by atoms with Gasteiger partial charge in [-0.25, -0.2) is 14.2 Å². The third-order valence-corrected chi connectivity index (χ3v) is 4.80. The summed E-state index contributed by atoms with van der Waals surface area (Å²) in [7, 11) is 3.23. The van der Waals surface area contributed by atoms with Crippen LogP contribution in [0.1, 0.15) is 24.0 Å². The van der Waals surface area contributed by atoms with Crippen molar-refractivity contribution in [1.29, 1.82) is 0 Å². The van der Waals surface area contributed by atoms with Gasteiger partial charge in [-0.2, -0.15) is 0 Å². The smallest absolute Gasteiger partial charge is 0.316 e. The van der Waals surface area contributed by atoms with Crippen molar-refractivity contribution in [2.75, 3.05) is 32.2 Å². The van der Waals surface area contributed by atoms with Gasteiger partial charge in [0.1, 0.15) is 5.82 Å². The molecule has 8 heteroatoms. The second-order valence-electron chi connectivity index (χ2n) is 6.87. The van der Waals surface area contributed by atoms with Crippen molar-refractivity contribution in [2.45, 2.75) is 19.0 Å². The Morgan fingerprint density at radius 2 is 1.83 bits per heavy atom. The normalized spacial score (nSPS) is 15.8. The fourth-order valence-corrected chi connectivity index (χ4v) is 3.23. The molecule has 158 valence electrons. The monoisotopic (exact) mass is 412 g/mol. The summed E-state index contributed by atoms with van der Waals surface area (Å²) in [4.78, 5) is 31.2. The number of nitrogens with zero attached hydrogens (tertiary/aromatic N) is 2. The first-order valence-electron chi connectivity index (χ1n) is 9.76. The zero-order valence-corrected chi connectivity index (χ0v) is 17.0. The Balaban J connectivity index is 1.89. The molecule has 1 unspecified atom stereocenters. The van der Waals surface area contributed by atoms with E-state index in [9.17, 15) is 14.0 Å². The van der Waals surface area contributed by atoms with E-state index < -0.39 is 23.9 Å². The molecule has 0 bridgehead atoms. The summed E-state index contributed by atoms with van der Waals surface area (Å²) >= 11 is 0. The third-order valence-electron chi connectivity index (χ3n) is 4.80. The Morgan fingerprint density at radius 1 is 1.13 bits per heavy atom. The lowest BCUT2D eigenvalue weighted by molar-refractivity contribution is -0.119. The number of hydrogen-bond acceptors (Lipinski definition) is 4. The van der Waals surface area contributed by atoms with Crippen LogP contribution in [-0.2, 0) is 9.53 Å². The Bertz CT molecular complexity index is 947. The first-order valence-corrected chi connectivity index (χ1v) is 9.76. The Morgan fingerprint density at radius 3 is 2.57 bits per heavy atom. The largest absolute Gasteiger partial charge is 0.385 e. The van der Waals surface area contributed by atoms with Crippen LogP contribution in [0.5, 0.6) is 0 Å². The number of rotatable bonds is 7. The third kappa shape index (κ3) is 4.83. The molecule has 1 heterocycles. The molecule has 0 fully saturated rings. The average molecular weight is 412 g/mol. The predicted molar refractivity (Wildman–Crippen MR) is 113 cm³/mol. The van der Waals surface area contributed by atoms with E-state index >= 15 is 0 Å². The first kappa shape index (κ1) is 21.4. The van der Waals surface area contributed by atoms with Crippen LogP contribution in [0.2, 0.25) is 0 Å². The van der Waals surface area contributed by atoms with Crippen molar-refractivity contribution in [1.82, 2.24) is 10.6 Å². The minimum atomic E-state index is -1.18. The summed E-state index contributed by atoms with van der Waals surface area (Å²) < 4.78 is 19.5. The van der Waals surface area contributed by atoms with E-state index in [1.54, 1.807) is 56.6 Å². The summed E-state index contributed by atoms with van der Waals surface area (Å²) in [6.45, 7) is 1.06. The highest BCUT2D eigenvalue weighted by atomic mass is 19.1. The van der Waals surface area contributed by atoms with Crippen LogP contribution in [-0.4, -0.2) is 51.1 Å². The van der Waals surface area contributed by atoms with E-state index in [1.165, 1.54) is 11.0 Å². The molecule has 30 heavy (non-hydrogen) atoms. The Hall–Kier alpha value is -3.26. The number of carbonyl (C=O) groups is 2. The minimum absolute atomic E-state index is 0.264. The van der Waals surface area contributed by atoms with Crippen molar-refractivity contribution in [3.05, 3.63) is 65.5 Å². The topological polar surface area (TPSA) is 83.0 Å². The van der Waals surface area contributed by atoms with Gasteiger partial charge in [-0.1, -0.05) is 30.3 Å². The number of hydrogen-bond donors (Lipinski definition) is 2. The number of nitrogens with one attached hydrogen (secondary N) is 2. The SMILES string of the molecule is COCCCCNC(=O)NC1N=C(c2ccccc2F)c2ccccc2N(C)C1=O. The van der Waals surface area contributed by atoms with Crippen molar-refractivity contribution in [3.8, 4) is 0 Å². The number of fused-ring (bicyclic) bond motifs is 1. The molecule has 0 saturated heterocycles. The van der Waals surface area contributed by atoms with Crippen LogP contribution in [0.15, 0.2) is 53.5 Å². The average Bonchev–Trinajstić information content (AvgIpc) is 2.85. The number of likely N-dealkylation sites (N-methyl/N-ethyl adjacent to an activating group) is 1. The van der Waals surface area contributed by atoms with Crippen molar-refractivity contribution in [2.24, 2.45) is 4.99 Å². The van der Waals surface area contributed by atoms with Gasteiger partial charge in [0.05, 0.1) is 11.4 Å². The number of benzene rings is 2. The van der Waals surface area contributed by atoms with Gasteiger partial charge in [-0.05, 0) is 31.0 Å². The van der Waals surface area contributed by atoms with E-state index in [-0.39, 0.29) is 5.56 Å². The number of anilines is 1. The highest BCUT2D eigenvalue weighted by Gasteiger charge is 2.31. The van der Waals surface area contributed by atoms with Gasteiger partial charge in [-0.15, -0.1) is 0 Å². The lowest BCUT2D eigenvalue weighted by atomic mass is 10.00. The van der Waals surface area contributed by atoms with E-state index in [1.807, 2.05) is 0 Å². The number of methoxy groups -OCH3 is 1. The molecule has 2 aromatic rings.